The van der Waals surface area contributed by atoms with Crippen LogP contribution in [0.1, 0.15) is 38.7 Å². The molecule has 0 aromatic heterocycles. The summed E-state index contributed by atoms with van der Waals surface area (Å²) in [7, 11) is 0. The van der Waals surface area contributed by atoms with Crippen LogP contribution < -0.4 is 11.3 Å². The molecular weight excluding hydrogens is 272 g/mol. The normalized spacial score (nSPS) is 14.3. The molecule has 0 radical (unpaired) electrons. The average molecular weight is 292 g/mol. The van der Waals surface area contributed by atoms with Crippen molar-refractivity contribution in [2.24, 2.45) is 5.84 Å². The van der Waals surface area contributed by atoms with Crippen LogP contribution in [0.15, 0.2) is 24.3 Å². The highest BCUT2D eigenvalue weighted by atomic mass is 19.4. The van der Waals surface area contributed by atoms with Crippen molar-refractivity contribution in [3.05, 3.63) is 35.6 Å². The van der Waals surface area contributed by atoms with Gasteiger partial charge in [0, 0.05) is 17.9 Å². The Labute approximate surface area is 116 Å². The SMILES string of the molecule is CC(C)(c1ccc(F)cc1)C(CCCC(F)(F)F)NN. The monoisotopic (exact) mass is 292 g/mol. The van der Waals surface area contributed by atoms with Gasteiger partial charge in [-0.05, 0) is 30.5 Å². The van der Waals surface area contributed by atoms with E-state index in [1.807, 2.05) is 13.8 Å². The van der Waals surface area contributed by atoms with E-state index in [2.05, 4.69) is 5.43 Å². The molecule has 0 aliphatic carbocycles. The van der Waals surface area contributed by atoms with E-state index in [4.69, 9.17) is 5.84 Å². The van der Waals surface area contributed by atoms with Crippen molar-refractivity contribution in [1.82, 2.24) is 5.43 Å². The van der Waals surface area contributed by atoms with E-state index in [1.165, 1.54) is 12.1 Å². The molecule has 114 valence electrons. The van der Waals surface area contributed by atoms with Crippen LogP contribution in [0, 0.1) is 5.82 Å². The van der Waals surface area contributed by atoms with Crippen LogP contribution in [-0.4, -0.2) is 12.2 Å². The summed E-state index contributed by atoms with van der Waals surface area (Å²) in [6, 6.07) is 5.60. The Hall–Kier alpha value is -1.14. The summed E-state index contributed by atoms with van der Waals surface area (Å²) in [4.78, 5) is 0. The van der Waals surface area contributed by atoms with Crippen LogP contribution in [0.25, 0.3) is 0 Å². The van der Waals surface area contributed by atoms with E-state index in [-0.39, 0.29) is 18.3 Å². The average Bonchev–Trinajstić information content (AvgIpc) is 2.33. The summed E-state index contributed by atoms with van der Waals surface area (Å²) in [5, 5.41) is 0. The molecule has 0 fully saturated rings. The Bertz CT molecular complexity index is 412. The van der Waals surface area contributed by atoms with Crippen LogP contribution in [0.3, 0.4) is 0 Å². The predicted molar refractivity (Wildman–Crippen MR) is 70.4 cm³/mol. The first-order valence-corrected chi connectivity index (χ1v) is 6.46. The first-order chi connectivity index (χ1) is 9.16. The molecule has 0 amide bonds. The van der Waals surface area contributed by atoms with Crippen molar-refractivity contribution < 1.29 is 17.6 Å². The minimum atomic E-state index is -4.15. The summed E-state index contributed by atoms with van der Waals surface area (Å²) in [6.45, 7) is 3.75. The predicted octanol–water partition coefficient (Wildman–Crippen LogP) is 3.67. The number of hydrogen-bond acceptors (Lipinski definition) is 2. The van der Waals surface area contributed by atoms with Crippen molar-refractivity contribution in [2.45, 2.75) is 50.7 Å². The third kappa shape index (κ3) is 4.76. The molecule has 1 atom stereocenters. The Kier molecular flexibility index (Phi) is 5.53. The number of alkyl halides is 3. The van der Waals surface area contributed by atoms with Gasteiger partial charge in [-0.25, -0.2) is 4.39 Å². The highest BCUT2D eigenvalue weighted by Crippen LogP contribution is 2.31. The minimum absolute atomic E-state index is 0.00297. The Balaban J connectivity index is 2.73. The smallest absolute Gasteiger partial charge is 0.271 e. The van der Waals surface area contributed by atoms with Gasteiger partial charge >= 0.3 is 6.18 Å². The van der Waals surface area contributed by atoms with Crippen molar-refractivity contribution in [3.8, 4) is 0 Å². The van der Waals surface area contributed by atoms with Crippen LogP contribution in [0.4, 0.5) is 17.6 Å². The van der Waals surface area contributed by atoms with Gasteiger partial charge in [-0.3, -0.25) is 11.3 Å². The first-order valence-electron chi connectivity index (χ1n) is 6.46. The number of hydrogen-bond donors (Lipinski definition) is 2. The van der Waals surface area contributed by atoms with Gasteiger partial charge in [-0.15, -0.1) is 0 Å². The van der Waals surface area contributed by atoms with E-state index >= 15 is 0 Å². The Morgan fingerprint density at radius 2 is 1.70 bits per heavy atom. The zero-order chi connectivity index (χ0) is 15.4. The topological polar surface area (TPSA) is 38.0 Å². The third-order valence-corrected chi connectivity index (χ3v) is 3.61. The lowest BCUT2D eigenvalue weighted by molar-refractivity contribution is -0.136. The maximum absolute atomic E-state index is 12.9. The summed E-state index contributed by atoms with van der Waals surface area (Å²) in [6.07, 6.45) is -4.69. The standard InChI is InChI=1S/C14H20F4N2/c1-13(2,10-5-7-11(15)8-6-10)12(20-19)4-3-9-14(16,17)18/h5-8,12,20H,3-4,9,19H2,1-2H3. The Morgan fingerprint density at radius 1 is 1.15 bits per heavy atom. The second-order valence-corrected chi connectivity index (χ2v) is 5.46. The highest BCUT2D eigenvalue weighted by molar-refractivity contribution is 5.26. The molecule has 0 saturated carbocycles. The maximum Gasteiger partial charge on any atom is 0.389 e. The molecule has 1 aromatic carbocycles. The largest absolute Gasteiger partial charge is 0.389 e. The number of nitrogens with two attached hydrogens (primary N) is 1. The maximum atomic E-state index is 12.9. The van der Waals surface area contributed by atoms with Crippen LogP contribution in [0.2, 0.25) is 0 Å². The zero-order valence-corrected chi connectivity index (χ0v) is 11.6. The molecule has 1 aromatic rings. The molecule has 0 heterocycles. The molecule has 2 nitrogen and oxygen atoms in total. The number of halogens is 4. The van der Waals surface area contributed by atoms with Crippen molar-refractivity contribution >= 4 is 0 Å². The quantitative estimate of drug-likeness (QED) is 0.477. The van der Waals surface area contributed by atoms with E-state index in [9.17, 15) is 17.6 Å². The molecule has 0 bridgehead atoms. The van der Waals surface area contributed by atoms with Gasteiger partial charge in [-0.1, -0.05) is 26.0 Å². The van der Waals surface area contributed by atoms with Gasteiger partial charge in [0.2, 0.25) is 0 Å². The molecular formula is C14H20F4N2. The molecule has 6 heteroatoms. The van der Waals surface area contributed by atoms with Crippen LogP contribution in [-0.2, 0) is 5.41 Å². The van der Waals surface area contributed by atoms with E-state index in [0.717, 1.165) is 5.56 Å². The van der Waals surface area contributed by atoms with Gasteiger partial charge in [0.05, 0.1) is 0 Å². The highest BCUT2D eigenvalue weighted by Gasteiger charge is 2.32. The number of nitrogens with one attached hydrogen (secondary N) is 1. The summed E-state index contributed by atoms with van der Waals surface area (Å²) in [5.74, 6) is 5.12. The molecule has 1 unspecified atom stereocenters. The molecule has 0 aliphatic rings. The molecule has 3 N–H and O–H groups in total. The first kappa shape index (κ1) is 16.9. The summed E-state index contributed by atoms with van der Waals surface area (Å²) < 4.78 is 49.5. The van der Waals surface area contributed by atoms with Crippen LogP contribution in [0.5, 0.6) is 0 Å². The summed E-state index contributed by atoms with van der Waals surface area (Å²) in [5.41, 5.74) is 2.92. The van der Waals surface area contributed by atoms with Crippen LogP contribution >= 0.6 is 0 Å². The third-order valence-electron chi connectivity index (χ3n) is 3.61. The van der Waals surface area contributed by atoms with Gasteiger partial charge in [0.1, 0.15) is 5.82 Å². The lowest BCUT2D eigenvalue weighted by atomic mass is 9.76. The van der Waals surface area contributed by atoms with Crippen molar-refractivity contribution in [3.63, 3.8) is 0 Å². The molecule has 0 saturated heterocycles. The number of benzene rings is 1. The fourth-order valence-electron chi connectivity index (χ4n) is 2.24. The van der Waals surface area contributed by atoms with Gasteiger partial charge < -0.3 is 0 Å². The van der Waals surface area contributed by atoms with Gasteiger partial charge in [0.15, 0.2) is 0 Å². The lowest BCUT2D eigenvalue weighted by Gasteiger charge is -2.34. The second-order valence-electron chi connectivity index (χ2n) is 5.46. The second kappa shape index (κ2) is 6.54. The molecule has 1 rings (SSSR count). The minimum Gasteiger partial charge on any atom is -0.271 e. The fourth-order valence-corrected chi connectivity index (χ4v) is 2.24. The van der Waals surface area contributed by atoms with Crippen molar-refractivity contribution in [2.75, 3.05) is 0 Å². The van der Waals surface area contributed by atoms with Gasteiger partial charge in [-0.2, -0.15) is 13.2 Å². The number of hydrazine groups is 1. The number of rotatable bonds is 6. The fraction of sp³-hybridized carbons (Fsp3) is 0.571. The lowest BCUT2D eigenvalue weighted by Crippen LogP contribution is -2.48. The summed E-state index contributed by atoms with van der Waals surface area (Å²) >= 11 is 0. The van der Waals surface area contributed by atoms with Crippen molar-refractivity contribution in [1.29, 1.82) is 0 Å². The molecule has 0 spiro atoms. The van der Waals surface area contributed by atoms with Gasteiger partial charge in [0.25, 0.3) is 0 Å². The molecule has 0 aliphatic heterocycles. The van der Waals surface area contributed by atoms with E-state index in [0.29, 0.717) is 6.42 Å². The van der Waals surface area contributed by atoms with E-state index < -0.39 is 18.0 Å². The van der Waals surface area contributed by atoms with E-state index in [1.54, 1.807) is 12.1 Å². The zero-order valence-electron chi connectivity index (χ0n) is 11.6. The Morgan fingerprint density at radius 3 is 2.15 bits per heavy atom. The molecule has 20 heavy (non-hydrogen) atoms.